The highest BCUT2D eigenvalue weighted by atomic mass is 35.5. The molecule has 0 saturated heterocycles. The zero-order valence-electron chi connectivity index (χ0n) is 3.91. The van der Waals surface area contributed by atoms with Crippen molar-refractivity contribution in [3.05, 3.63) is 16.6 Å². The number of hydrogen-bond donors (Lipinski definition) is 1. The fourth-order valence-electron chi connectivity index (χ4n) is 0.352. The van der Waals surface area contributed by atoms with Crippen molar-refractivity contribution in [3.8, 4) is 0 Å². The number of aliphatic hydroxyl groups is 1. The summed E-state index contributed by atoms with van der Waals surface area (Å²) in [5, 5.41) is 10.9. The molecule has 1 atom stereocenters. The van der Waals surface area contributed by atoms with Gasteiger partial charge in [0, 0.05) is 11.6 Å². The monoisotopic (exact) mass is 149 g/mol. The lowest BCUT2D eigenvalue weighted by Crippen LogP contribution is -1.82. The lowest BCUT2D eigenvalue weighted by atomic mass is 10.7. The van der Waals surface area contributed by atoms with Crippen LogP contribution in [-0.2, 0) is 0 Å². The molecule has 1 aromatic heterocycles. The summed E-state index contributed by atoms with van der Waals surface area (Å²) in [6.45, 7) is 0. The predicted molar refractivity (Wildman–Crippen MR) is 32.9 cm³/mol. The van der Waals surface area contributed by atoms with Crippen LogP contribution < -0.4 is 0 Å². The number of halogens is 1. The fourth-order valence-corrected chi connectivity index (χ4v) is 1.06. The van der Waals surface area contributed by atoms with Crippen LogP contribution in [0.15, 0.2) is 11.6 Å². The van der Waals surface area contributed by atoms with Gasteiger partial charge in [0.15, 0.2) is 5.56 Å². The summed E-state index contributed by atoms with van der Waals surface area (Å²) >= 11 is 6.59. The third-order valence-corrected chi connectivity index (χ3v) is 1.82. The Morgan fingerprint density at radius 1 is 1.88 bits per heavy atom. The van der Waals surface area contributed by atoms with E-state index in [1.54, 1.807) is 11.6 Å². The molecule has 0 saturated carbocycles. The van der Waals surface area contributed by atoms with Crippen molar-refractivity contribution in [1.29, 1.82) is 0 Å². The van der Waals surface area contributed by atoms with E-state index < -0.39 is 5.56 Å². The van der Waals surface area contributed by atoms with Gasteiger partial charge in [-0.25, -0.2) is 4.98 Å². The van der Waals surface area contributed by atoms with E-state index in [9.17, 15) is 0 Å². The molecule has 0 spiro atoms. The van der Waals surface area contributed by atoms with Crippen molar-refractivity contribution in [2.24, 2.45) is 0 Å². The molecule has 0 fully saturated rings. The molecular weight excluding hydrogens is 146 g/mol. The van der Waals surface area contributed by atoms with Gasteiger partial charge in [0.25, 0.3) is 0 Å². The maximum absolute atomic E-state index is 8.63. The van der Waals surface area contributed by atoms with Crippen LogP contribution in [0.5, 0.6) is 0 Å². The molecule has 0 amide bonds. The van der Waals surface area contributed by atoms with Crippen LogP contribution in [0.4, 0.5) is 0 Å². The van der Waals surface area contributed by atoms with Gasteiger partial charge >= 0.3 is 0 Å². The highest BCUT2D eigenvalue weighted by molar-refractivity contribution is 7.09. The fraction of sp³-hybridized carbons (Fsp3) is 0.250. The first kappa shape index (κ1) is 6.01. The number of thiazole rings is 1. The second-order valence-corrected chi connectivity index (χ2v) is 2.55. The average molecular weight is 150 g/mol. The molecule has 2 nitrogen and oxygen atoms in total. The number of aromatic nitrogens is 1. The topological polar surface area (TPSA) is 33.1 Å². The lowest BCUT2D eigenvalue weighted by molar-refractivity contribution is 0.262. The Kier molecular flexibility index (Phi) is 1.83. The van der Waals surface area contributed by atoms with Crippen LogP contribution in [0.2, 0.25) is 0 Å². The van der Waals surface area contributed by atoms with E-state index in [0.29, 0.717) is 5.01 Å². The summed E-state index contributed by atoms with van der Waals surface area (Å²) in [6.07, 6.45) is 1.60. The molecule has 1 aromatic rings. The Balaban J connectivity index is 2.77. The second-order valence-electron chi connectivity index (χ2n) is 1.21. The normalized spacial score (nSPS) is 13.8. The minimum absolute atomic E-state index is 0.548. The average Bonchev–Trinajstić information content (AvgIpc) is 2.12. The number of aliphatic hydroxyl groups excluding tert-OH is 1. The summed E-state index contributed by atoms with van der Waals surface area (Å²) in [6, 6.07) is 0. The summed E-state index contributed by atoms with van der Waals surface area (Å²) in [7, 11) is 0. The molecule has 1 N–H and O–H groups in total. The maximum atomic E-state index is 8.63. The van der Waals surface area contributed by atoms with Crippen LogP contribution in [0.3, 0.4) is 0 Å². The van der Waals surface area contributed by atoms with Gasteiger partial charge in [-0.15, -0.1) is 11.3 Å². The van der Waals surface area contributed by atoms with E-state index in [-0.39, 0.29) is 0 Å². The summed E-state index contributed by atoms with van der Waals surface area (Å²) in [5.74, 6) is 0. The molecule has 0 aliphatic carbocycles. The van der Waals surface area contributed by atoms with E-state index in [1.807, 2.05) is 0 Å². The quantitative estimate of drug-likeness (QED) is 0.612. The van der Waals surface area contributed by atoms with Gasteiger partial charge < -0.3 is 5.11 Å². The van der Waals surface area contributed by atoms with Crippen molar-refractivity contribution in [2.75, 3.05) is 0 Å². The highest BCUT2D eigenvalue weighted by Gasteiger charge is 2.02. The smallest absolute Gasteiger partial charge is 0.179 e. The Morgan fingerprint density at radius 3 is 2.88 bits per heavy atom. The minimum atomic E-state index is -0.935. The number of hydrogen-bond acceptors (Lipinski definition) is 3. The Bertz CT molecular complexity index is 151. The van der Waals surface area contributed by atoms with E-state index in [1.165, 1.54) is 11.3 Å². The van der Waals surface area contributed by atoms with E-state index >= 15 is 0 Å². The van der Waals surface area contributed by atoms with Crippen molar-refractivity contribution < 1.29 is 5.11 Å². The number of nitrogens with zero attached hydrogens (tertiary/aromatic N) is 1. The zero-order valence-corrected chi connectivity index (χ0v) is 5.49. The number of rotatable bonds is 1. The molecule has 1 unspecified atom stereocenters. The van der Waals surface area contributed by atoms with Crippen LogP contribution in [0.1, 0.15) is 10.6 Å². The maximum Gasteiger partial charge on any atom is 0.179 e. The van der Waals surface area contributed by atoms with Gasteiger partial charge in [-0.2, -0.15) is 0 Å². The third kappa shape index (κ3) is 1.18. The molecule has 0 aliphatic heterocycles. The van der Waals surface area contributed by atoms with Crippen LogP contribution in [-0.4, -0.2) is 10.1 Å². The van der Waals surface area contributed by atoms with Gasteiger partial charge in [-0.05, 0) is 0 Å². The predicted octanol–water partition coefficient (Wildman–Crippen LogP) is 1.37. The molecule has 44 valence electrons. The van der Waals surface area contributed by atoms with Crippen LogP contribution >= 0.6 is 22.9 Å². The highest BCUT2D eigenvalue weighted by Crippen LogP contribution is 2.17. The summed E-state index contributed by atoms with van der Waals surface area (Å²) < 4.78 is 0. The number of alkyl halides is 1. The molecule has 8 heavy (non-hydrogen) atoms. The Morgan fingerprint density at radius 2 is 2.62 bits per heavy atom. The Hall–Kier alpha value is -0.120. The molecular formula is C4H4ClNOS. The first-order chi connectivity index (χ1) is 3.80. The van der Waals surface area contributed by atoms with Crippen LogP contribution in [0.25, 0.3) is 0 Å². The van der Waals surface area contributed by atoms with Crippen molar-refractivity contribution in [1.82, 2.24) is 4.98 Å². The summed E-state index contributed by atoms with van der Waals surface area (Å²) in [5.41, 5.74) is -0.935. The SMILES string of the molecule is OC(Cl)c1nccs1. The van der Waals surface area contributed by atoms with Gasteiger partial charge in [0.05, 0.1) is 0 Å². The molecule has 0 aromatic carbocycles. The first-order valence-electron chi connectivity index (χ1n) is 2.02. The molecule has 1 rings (SSSR count). The summed E-state index contributed by atoms with van der Waals surface area (Å²) in [4.78, 5) is 3.75. The van der Waals surface area contributed by atoms with E-state index in [2.05, 4.69) is 4.98 Å². The molecule has 0 bridgehead atoms. The minimum Gasteiger partial charge on any atom is -0.371 e. The zero-order chi connectivity index (χ0) is 5.98. The molecule has 0 aliphatic rings. The molecule has 4 heteroatoms. The Labute approximate surface area is 55.8 Å². The first-order valence-corrected chi connectivity index (χ1v) is 3.34. The van der Waals surface area contributed by atoms with Crippen molar-refractivity contribution in [2.45, 2.75) is 5.56 Å². The second kappa shape index (κ2) is 2.44. The van der Waals surface area contributed by atoms with Gasteiger partial charge in [0.1, 0.15) is 5.01 Å². The van der Waals surface area contributed by atoms with Crippen molar-refractivity contribution >= 4 is 22.9 Å². The molecule has 1 heterocycles. The lowest BCUT2D eigenvalue weighted by Gasteiger charge is -1.90. The third-order valence-electron chi connectivity index (χ3n) is 0.655. The van der Waals surface area contributed by atoms with Gasteiger partial charge in [-0.3, -0.25) is 0 Å². The molecule has 0 radical (unpaired) electrons. The largest absolute Gasteiger partial charge is 0.371 e. The van der Waals surface area contributed by atoms with E-state index in [0.717, 1.165) is 0 Å². The van der Waals surface area contributed by atoms with Crippen molar-refractivity contribution in [3.63, 3.8) is 0 Å². The van der Waals surface area contributed by atoms with E-state index in [4.69, 9.17) is 16.7 Å². The standard InChI is InChI=1S/C4H4ClNOS/c5-3(7)4-6-1-2-8-4/h1-3,7H. The van der Waals surface area contributed by atoms with Gasteiger partial charge in [-0.1, -0.05) is 11.6 Å². The van der Waals surface area contributed by atoms with Crippen LogP contribution in [0, 0.1) is 0 Å². The van der Waals surface area contributed by atoms with Gasteiger partial charge in [0.2, 0.25) is 0 Å².